The monoisotopic (exact) mass is 291 g/mol. The second-order valence-corrected chi connectivity index (χ2v) is 5.97. The number of nitrogens with one attached hydrogen (secondary N) is 1. The zero-order valence-corrected chi connectivity index (χ0v) is 12.1. The molecule has 1 saturated carbocycles. The van der Waals surface area contributed by atoms with Gasteiger partial charge in [-0.05, 0) is 31.9 Å². The van der Waals surface area contributed by atoms with Crippen LogP contribution in [0.25, 0.3) is 10.2 Å². The van der Waals surface area contributed by atoms with Gasteiger partial charge in [-0.15, -0.1) is 11.3 Å². The summed E-state index contributed by atoms with van der Waals surface area (Å²) in [5.41, 5.74) is 7.20. The maximum absolute atomic E-state index is 12.3. The minimum Gasteiger partial charge on any atom is -0.396 e. The van der Waals surface area contributed by atoms with E-state index in [0.29, 0.717) is 16.1 Å². The number of carbonyl (C=O) groups is 1. The fourth-order valence-corrected chi connectivity index (χ4v) is 3.41. The van der Waals surface area contributed by atoms with Crippen LogP contribution in [0.15, 0.2) is 18.3 Å². The first-order valence-electron chi connectivity index (χ1n) is 6.74. The van der Waals surface area contributed by atoms with Gasteiger partial charge in [-0.25, -0.2) is 0 Å². The normalized spacial score (nSPS) is 21.6. The number of nitrogens with zero attached hydrogens (tertiary/aromatic N) is 1. The second-order valence-electron chi connectivity index (χ2n) is 4.91. The summed E-state index contributed by atoms with van der Waals surface area (Å²) in [4.78, 5) is 17.0. The van der Waals surface area contributed by atoms with Crippen molar-refractivity contribution in [2.24, 2.45) is 0 Å². The number of anilines is 1. The number of hydrogen-bond acceptors (Lipinski definition) is 5. The number of pyridine rings is 1. The highest BCUT2D eigenvalue weighted by molar-refractivity contribution is 7.21. The summed E-state index contributed by atoms with van der Waals surface area (Å²) in [6.45, 7) is 2.71. The van der Waals surface area contributed by atoms with Crippen molar-refractivity contribution < 1.29 is 9.53 Å². The van der Waals surface area contributed by atoms with Crippen LogP contribution in [0.4, 0.5) is 5.69 Å². The summed E-state index contributed by atoms with van der Waals surface area (Å²) in [5.74, 6) is -0.106. The molecule has 0 unspecified atom stereocenters. The predicted octanol–water partition coefficient (Wildman–Crippen LogP) is 2.18. The van der Waals surface area contributed by atoms with Crippen LogP contribution in [0.1, 0.15) is 29.4 Å². The molecule has 1 aliphatic carbocycles. The first kappa shape index (κ1) is 13.3. The van der Waals surface area contributed by atoms with Crippen LogP contribution in [0.5, 0.6) is 0 Å². The molecule has 0 spiro atoms. The Labute approximate surface area is 121 Å². The Morgan fingerprint density at radius 1 is 1.60 bits per heavy atom. The molecule has 20 heavy (non-hydrogen) atoms. The van der Waals surface area contributed by atoms with E-state index in [1.807, 2.05) is 19.1 Å². The first-order valence-corrected chi connectivity index (χ1v) is 7.56. The summed E-state index contributed by atoms with van der Waals surface area (Å²) in [7, 11) is 0. The maximum Gasteiger partial charge on any atom is 0.263 e. The second kappa shape index (κ2) is 5.38. The van der Waals surface area contributed by atoms with Gasteiger partial charge in [-0.1, -0.05) is 0 Å². The van der Waals surface area contributed by atoms with Crippen molar-refractivity contribution in [1.82, 2.24) is 10.3 Å². The maximum atomic E-state index is 12.3. The number of carbonyl (C=O) groups excluding carboxylic acids is 1. The highest BCUT2D eigenvalue weighted by Crippen LogP contribution is 2.32. The van der Waals surface area contributed by atoms with Gasteiger partial charge in [0.2, 0.25) is 0 Å². The van der Waals surface area contributed by atoms with Gasteiger partial charge in [0, 0.05) is 18.8 Å². The molecule has 106 valence electrons. The summed E-state index contributed by atoms with van der Waals surface area (Å²) in [6.07, 6.45) is 3.73. The molecule has 1 fully saturated rings. The van der Waals surface area contributed by atoms with Gasteiger partial charge in [-0.3, -0.25) is 9.78 Å². The van der Waals surface area contributed by atoms with Crippen molar-refractivity contribution in [3.63, 3.8) is 0 Å². The van der Waals surface area contributed by atoms with Crippen LogP contribution in [0.3, 0.4) is 0 Å². The zero-order chi connectivity index (χ0) is 14.1. The van der Waals surface area contributed by atoms with Crippen molar-refractivity contribution in [1.29, 1.82) is 0 Å². The van der Waals surface area contributed by atoms with E-state index in [0.717, 1.165) is 24.1 Å². The lowest BCUT2D eigenvalue weighted by atomic mass is 9.89. The van der Waals surface area contributed by atoms with Gasteiger partial charge in [0.1, 0.15) is 10.4 Å². The minimum absolute atomic E-state index is 0.106. The number of amides is 1. The largest absolute Gasteiger partial charge is 0.396 e. The van der Waals surface area contributed by atoms with Crippen molar-refractivity contribution in [3.8, 4) is 0 Å². The van der Waals surface area contributed by atoms with Crippen LogP contribution in [0.2, 0.25) is 0 Å². The zero-order valence-electron chi connectivity index (χ0n) is 11.3. The number of hydrogen-bond donors (Lipinski definition) is 2. The molecule has 0 aromatic carbocycles. The van der Waals surface area contributed by atoms with Gasteiger partial charge in [0.05, 0.1) is 16.5 Å². The number of thiophene rings is 1. The number of rotatable bonds is 4. The standard InChI is InChI=1S/C14H17N3O2S/c1-2-19-9-6-8(7-9)17-14(18)13-11(15)12-10(20-13)4-3-5-16-12/h3-5,8-9H,2,6-7,15H2,1H3,(H,17,18). The first-order chi connectivity index (χ1) is 9.69. The summed E-state index contributed by atoms with van der Waals surface area (Å²) < 4.78 is 6.42. The molecule has 0 bridgehead atoms. The van der Waals surface area contributed by atoms with Crippen molar-refractivity contribution >= 4 is 33.1 Å². The third-order valence-corrected chi connectivity index (χ3v) is 4.68. The Hall–Kier alpha value is -1.66. The molecule has 0 aliphatic heterocycles. The molecule has 2 aromatic rings. The van der Waals surface area contributed by atoms with Crippen LogP contribution in [-0.2, 0) is 4.74 Å². The SMILES string of the molecule is CCOC1CC(NC(=O)c2sc3cccnc3c2N)C1. The summed E-state index contributed by atoms with van der Waals surface area (Å²) >= 11 is 1.39. The molecule has 2 aromatic heterocycles. The molecular weight excluding hydrogens is 274 g/mol. The van der Waals surface area contributed by atoms with Crippen LogP contribution in [0, 0.1) is 0 Å². The van der Waals surface area contributed by atoms with E-state index in [2.05, 4.69) is 10.3 Å². The minimum atomic E-state index is -0.106. The predicted molar refractivity (Wildman–Crippen MR) is 79.9 cm³/mol. The fraction of sp³-hybridized carbons (Fsp3) is 0.429. The molecular formula is C14H17N3O2S. The molecule has 3 N–H and O–H groups in total. The van der Waals surface area contributed by atoms with Crippen molar-refractivity contribution in [2.75, 3.05) is 12.3 Å². The molecule has 0 radical (unpaired) electrons. The van der Waals surface area contributed by atoms with Crippen molar-refractivity contribution in [2.45, 2.75) is 31.9 Å². The number of nitrogen functional groups attached to an aromatic ring is 1. The molecule has 5 nitrogen and oxygen atoms in total. The molecule has 1 amide bonds. The van der Waals surface area contributed by atoms with Crippen LogP contribution < -0.4 is 11.1 Å². The Morgan fingerprint density at radius 3 is 3.10 bits per heavy atom. The van der Waals surface area contributed by atoms with E-state index in [-0.39, 0.29) is 18.1 Å². The quantitative estimate of drug-likeness (QED) is 0.905. The van der Waals surface area contributed by atoms with E-state index in [4.69, 9.17) is 10.5 Å². The van der Waals surface area contributed by atoms with E-state index in [1.165, 1.54) is 11.3 Å². The third-order valence-electron chi connectivity index (χ3n) is 3.52. The Morgan fingerprint density at radius 2 is 2.40 bits per heavy atom. The van der Waals surface area contributed by atoms with Gasteiger partial charge in [0.15, 0.2) is 0 Å². The summed E-state index contributed by atoms with van der Waals surface area (Å²) in [5, 5.41) is 3.01. The number of ether oxygens (including phenoxy) is 1. The number of aromatic nitrogens is 1. The highest BCUT2D eigenvalue weighted by Gasteiger charge is 2.31. The van der Waals surface area contributed by atoms with Crippen molar-refractivity contribution in [3.05, 3.63) is 23.2 Å². The third kappa shape index (κ3) is 2.36. The molecule has 6 heteroatoms. The van der Waals surface area contributed by atoms with Crippen LogP contribution in [-0.4, -0.2) is 29.6 Å². The Balaban J connectivity index is 1.69. The van der Waals surface area contributed by atoms with E-state index >= 15 is 0 Å². The topological polar surface area (TPSA) is 77.2 Å². The van der Waals surface area contributed by atoms with E-state index < -0.39 is 0 Å². The molecule has 0 atom stereocenters. The molecule has 2 heterocycles. The van der Waals surface area contributed by atoms with E-state index in [9.17, 15) is 4.79 Å². The average molecular weight is 291 g/mol. The lowest BCUT2D eigenvalue weighted by Gasteiger charge is -2.35. The lowest BCUT2D eigenvalue weighted by molar-refractivity contribution is -0.00858. The molecule has 3 rings (SSSR count). The van der Waals surface area contributed by atoms with Gasteiger partial charge in [0.25, 0.3) is 5.91 Å². The average Bonchev–Trinajstić information content (AvgIpc) is 2.74. The van der Waals surface area contributed by atoms with Gasteiger partial charge < -0.3 is 15.8 Å². The number of nitrogens with two attached hydrogens (primary N) is 1. The lowest BCUT2D eigenvalue weighted by Crippen LogP contribution is -2.47. The van der Waals surface area contributed by atoms with E-state index in [1.54, 1.807) is 6.20 Å². The number of fused-ring (bicyclic) bond motifs is 1. The summed E-state index contributed by atoms with van der Waals surface area (Å²) in [6, 6.07) is 3.96. The molecule has 1 aliphatic rings. The molecule has 0 saturated heterocycles. The Bertz CT molecular complexity index is 634. The van der Waals surface area contributed by atoms with Crippen LogP contribution >= 0.6 is 11.3 Å². The van der Waals surface area contributed by atoms with Gasteiger partial charge in [-0.2, -0.15) is 0 Å². The highest BCUT2D eigenvalue weighted by atomic mass is 32.1. The van der Waals surface area contributed by atoms with Gasteiger partial charge >= 0.3 is 0 Å². The smallest absolute Gasteiger partial charge is 0.263 e. The Kier molecular flexibility index (Phi) is 3.58. The fourth-order valence-electron chi connectivity index (χ4n) is 2.42.